The Kier molecular flexibility index (Phi) is 5.00. The van der Waals surface area contributed by atoms with E-state index in [0.717, 1.165) is 22.8 Å². The zero-order valence-corrected chi connectivity index (χ0v) is 15.4. The molecule has 1 saturated heterocycles. The highest BCUT2D eigenvalue weighted by Crippen LogP contribution is 2.39. The zero-order valence-electron chi connectivity index (χ0n) is 13.8. The third kappa shape index (κ3) is 3.57. The van der Waals surface area contributed by atoms with Crippen LogP contribution in [0.1, 0.15) is 29.5 Å². The Hall–Kier alpha value is -1.68. The molecule has 4 nitrogen and oxygen atoms in total. The van der Waals surface area contributed by atoms with Gasteiger partial charge in [-0.1, -0.05) is 0 Å². The van der Waals surface area contributed by atoms with Crippen molar-refractivity contribution < 1.29 is 26.0 Å². The van der Waals surface area contributed by atoms with Crippen LogP contribution in [0.3, 0.4) is 0 Å². The monoisotopic (exact) mass is 408 g/mol. The van der Waals surface area contributed by atoms with E-state index >= 15 is 0 Å². The van der Waals surface area contributed by atoms with Crippen molar-refractivity contribution >= 4 is 26.9 Å². The summed E-state index contributed by atoms with van der Waals surface area (Å²) in [7, 11) is -5.63. The fraction of sp³-hybridized carbons (Fsp3) is 0.438. The maximum absolute atomic E-state index is 13.5. The van der Waals surface area contributed by atoms with Gasteiger partial charge in [0.25, 0.3) is 9.84 Å². The van der Waals surface area contributed by atoms with Crippen molar-refractivity contribution in [3.8, 4) is 0 Å². The van der Waals surface area contributed by atoms with Gasteiger partial charge in [0, 0.05) is 30.1 Å². The molecule has 0 unspecified atom stereocenters. The van der Waals surface area contributed by atoms with Crippen molar-refractivity contribution in [3.63, 3.8) is 0 Å². The predicted octanol–water partition coefficient (Wildman–Crippen LogP) is 4.27. The summed E-state index contributed by atoms with van der Waals surface area (Å²) in [6, 6.07) is 2.51. The smallest absolute Gasteiger partial charge is 0.370 e. The number of hydrogen-bond acceptors (Lipinski definition) is 5. The Bertz CT molecular complexity index is 901. The molecule has 10 heteroatoms. The van der Waals surface area contributed by atoms with Gasteiger partial charge < -0.3 is 4.90 Å². The lowest BCUT2D eigenvalue weighted by atomic mass is 9.97. The molecule has 0 bridgehead atoms. The number of piperidine rings is 1. The van der Waals surface area contributed by atoms with Crippen LogP contribution in [0.15, 0.2) is 28.5 Å². The number of anilines is 1. The minimum atomic E-state index is -5.63. The molecular weight excluding hydrogens is 392 g/mol. The first-order valence-corrected chi connectivity index (χ1v) is 10.2. The van der Waals surface area contributed by atoms with Gasteiger partial charge in [-0.05, 0) is 38.0 Å². The number of nitrogens with zero attached hydrogens (tertiary/aromatic N) is 2. The summed E-state index contributed by atoms with van der Waals surface area (Å²) in [5.41, 5.74) is -4.67. The summed E-state index contributed by atoms with van der Waals surface area (Å²) >= 11 is 1.54. The van der Waals surface area contributed by atoms with Crippen LogP contribution in [0, 0.1) is 12.7 Å². The first kappa shape index (κ1) is 19.1. The molecule has 0 saturated carbocycles. The average Bonchev–Trinajstić information content (AvgIpc) is 3.00. The molecule has 0 amide bonds. The van der Waals surface area contributed by atoms with Crippen molar-refractivity contribution in [1.82, 2.24) is 4.98 Å². The molecule has 1 aliphatic rings. The summed E-state index contributed by atoms with van der Waals surface area (Å²) in [6.45, 7) is 2.63. The second-order valence-electron chi connectivity index (χ2n) is 6.15. The fourth-order valence-corrected chi connectivity index (χ4v) is 4.97. The maximum atomic E-state index is 13.5. The molecular formula is C16H16F4N2O2S2. The Labute approximate surface area is 152 Å². The van der Waals surface area contributed by atoms with Gasteiger partial charge in [-0.25, -0.2) is 17.8 Å². The molecule has 1 fully saturated rings. The van der Waals surface area contributed by atoms with Crippen molar-refractivity contribution in [2.45, 2.75) is 36.1 Å². The molecule has 0 atom stereocenters. The number of alkyl halides is 3. The maximum Gasteiger partial charge on any atom is 0.501 e. The lowest BCUT2D eigenvalue weighted by Crippen LogP contribution is -2.35. The zero-order chi connectivity index (χ0) is 19.1. The molecule has 2 heterocycles. The molecule has 3 rings (SSSR count). The molecule has 2 aromatic rings. The van der Waals surface area contributed by atoms with Gasteiger partial charge in [0.2, 0.25) is 0 Å². The van der Waals surface area contributed by atoms with Crippen LogP contribution in [0.5, 0.6) is 0 Å². The van der Waals surface area contributed by atoms with Crippen molar-refractivity contribution in [2.75, 3.05) is 18.0 Å². The minimum absolute atomic E-state index is 0.113. The molecule has 0 N–H and O–H groups in total. The molecule has 1 aliphatic heterocycles. The van der Waals surface area contributed by atoms with Crippen molar-refractivity contribution in [3.05, 3.63) is 40.1 Å². The van der Waals surface area contributed by atoms with Crippen LogP contribution < -0.4 is 4.90 Å². The Balaban J connectivity index is 1.87. The first-order valence-electron chi connectivity index (χ1n) is 7.87. The summed E-state index contributed by atoms with van der Waals surface area (Å²) < 4.78 is 76.0. The van der Waals surface area contributed by atoms with Crippen LogP contribution in [-0.2, 0) is 9.84 Å². The number of sulfone groups is 1. The van der Waals surface area contributed by atoms with E-state index in [1.165, 1.54) is 0 Å². The predicted molar refractivity (Wildman–Crippen MR) is 90.7 cm³/mol. The molecule has 0 spiro atoms. The van der Waals surface area contributed by atoms with Crippen LogP contribution in [-0.4, -0.2) is 32.0 Å². The largest absolute Gasteiger partial charge is 0.501 e. The number of aromatic nitrogens is 1. The van der Waals surface area contributed by atoms with Crippen LogP contribution >= 0.6 is 11.3 Å². The topological polar surface area (TPSA) is 50.3 Å². The second kappa shape index (κ2) is 6.80. The van der Waals surface area contributed by atoms with E-state index in [2.05, 4.69) is 4.98 Å². The van der Waals surface area contributed by atoms with E-state index in [-0.39, 0.29) is 11.6 Å². The summed E-state index contributed by atoms with van der Waals surface area (Å²) in [4.78, 5) is 4.97. The highest BCUT2D eigenvalue weighted by atomic mass is 32.2. The van der Waals surface area contributed by atoms with Gasteiger partial charge in [-0.2, -0.15) is 13.2 Å². The quantitative estimate of drug-likeness (QED) is 0.712. The van der Waals surface area contributed by atoms with Crippen LogP contribution in [0.4, 0.5) is 23.2 Å². The third-order valence-corrected chi connectivity index (χ3v) is 6.98. The van der Waals surface area contributed by atoms with E-state index < -0.39 is 26.1 Å². The second-order valence-corrected chi connectivity index (χ2v) is 8.95. The first-order chi connectivity index (χ1) is 12.1. The van der Waals surface area contributed by atoms with Crippen molar-refractivity contribution in [2.24, 2.45) is 0 Å². The number of thiazole rings is 1. The molecule has 1 aromatic carbocycles. The minimum Gasteiger partial charge on any atom is -0.370 e. The summed E-state index contributed by atoms with van der Waals surface area (Å²) in [5.74, 6) is -0.835. The van der Waals surface area contributed by atoms with Crippen LogP contribution in [0.25, 0.3) is 0 Å². The lowest BCUT2D eigenvalue weighted by molar-refractivity contribution is -0.0435. The van der Waals surface area contributed by atoms with Gasteiger partial charge in [-0.3, -0.25) is 0 Å². The van der Waals surface area contributed by atoms with Crippen molar-refractivity contribution in [1.29, 1.82) is 0 Å². The number of benzene rings is 1. The number of hydrogen-bond donors (Lipinski definition) is 0. The van der Waals surface area contributed by atoms with Gasteiger partial charge in [0.1, 0.15) is 10.7 Å². The molecule has 26 heavy (non-hydrogen) atoms. The number of rotatable bonds is 3. The third-order valence-electron chi connectivity index (χ3n) is 4.34. The molecule has 0 radical (unpaired) electrons. The molecule has 1 aromatic heterocycles. The van der Waals surface area contributed by atoms with E-state index in [1.807, 2.05) is 12.3 Å². The van der Waals surface area contributed by atoms with Gasteiger partial charge >= 0.3 is 5.51 Å². The Morgan fingerprint density at radius 3 is 2.42 bits per heavy atom. The SMILES string of the molecule is Cc1csc(C2CCN(c3ccc(F)cc3S(=O)(=O)C(F)(F)F)CC2)n1. The Morgan fingerprint density at radius 2 is 1.88 bits per heavy atom. The summed E-state index contributed by atoms with van der Waals surface area (Å²) in [6.07, 6.45) is 1.27. The van der Waals surface area contributed by atoms with Gasteiger partial charge in [-0.15, -0.1) is 11.3 Å². The van der Waals surface area contributed by atoms with Crippen LogP contribution in [0.2, 0.25) is 0 Å². The Morgan fingerprint density at radius 1 is 1.23 bits per heavy atom. The van der Waals surface area contributed by atoms with E-state index in [4.69, 9.17) is 0 Å². The van der Waals surface area contributed by atoms with E-state index in [9.17, 15) is 26.0 Å². The highest BCUT2D eigenvalue weighted by Gasteiger charge is 2.48. The average molecular weight is 408 g/mol. The number of halogens is 4. The highest BCUT2D eigenvalue weighted by molar-refractivity contribution is 7.92. The summed E-state index contributed by atoms with van der Waals surface area (Å²) in [5, 5.41) is 2.92. The van der Waals surface area contributed by atoms with E-state index in [0.29, 0.717) is 32.0 Å². The fourth-order valence-electron chi connectivity index (χ4n) is 3.02. The standard InChI is InChI=1S/C16H16F4N2O2S2/c1-10-9-25-15(21-10)11-4-6-22(7-5-11)13-3-2-12(17)8-14(13)26(23,24)16(18,19)20/h2-3,8-9,11H,4-7H2,1H3. The molecule has 0 aliphatic carbocycles. The van der Waals surface area contributed by atoms with E-state index in [1.54, 1.807) is 16.2 Å². The lowest BCUT2D eigenvalue weighted by Gasteiger charge is -2.34. The van der Waals surface area contributed by atoms with Gasteiger partial charge in [0.15, 0.2) is 0 Å². The normalized spacial score (nSPS) is 16.9. The number of aryl methyl sites for hydroxylation is 1. The van der Waals surface area contributed by atoms with Gasteiger partial charge in [0.05, 0.1) is 10.7 Å². The molecule has 142 valence electrons.